The Morgan fingerprint density at radius 1 is 1.41 bits per heavy atom. The van der Waals surface area contributed by atoms with Crippen LogP contribution in [0.25, 0.3) is 0 Å². The molecule has 0 amide bonds. The van der Waals surface area contributed by atoms with Gasteiger partial charge >= 0.3 is 0 Å². The Kier molecular flexibility index (Phi) is 5.86. The van der Waals surface area contributed by atoms with Crippen molar-refractivity contribution in [1.29, 1.82) is 5.26 Å². The van der Waals surface area contributed by atoms with Crippen molar-refractivity contribution in [2.45, 2.75) is 6.42 Å². The summed E-state index contributed by atoms with van der Waals surface area (Å²) in [6, 6.07) is 7.28. The van der Waals surface area contributed by atoms with Gasteiger partial charge in [0.15, 0.2) is 0 Å². The number of hydrogen-bond acceptors (Lipinski definition) is 5. The summed E-state index contributed by atoms with van der Waals surface area (Å²) < 4.78 is 5.12. The number of nitrogens with one attached hydrogen (secondary N) is 1. The average Bonchev–Trinajstić information content (AvgIpc) is 2.34. The predicted molar refractivity (Wildman–Crippen MR) is 66.6 cm³/mol. The lowest BCUT2D eigenvalue weighted by atomic mass is 10.2. The first-order valence-electron chi connectivity index (χ1n) is 5.50. The fourth-order valence-corrected chi connectivity index (χ4v) is 1.35. The molecule has 0 unspecified atom stereocenters. The standard InChI is InChI=1S/C12H17N3O2/c13-9-10-2-3-11(8-12(10)14)15-4-1-6-17-7-5-16/h2-3,8,15-16H,1,4-7,14H2. The minimum absolute atomic E-state index is 0.0551. The lowest BCUT2D eigenvalue weighted by molar-refractivity contribution is 0.0922. The summed E-state index contributed by atoms with van der Waals surface area (Å²) >= 11 is 0. The minimum Gasteiger partial charge on any atom is -0.398 e. The van der Waals surface area contributed by atoms with Crippen molar-refractivity contribution in [3.05, 3.63) is 23.8 Å². The van der Waals surface area contributed by atoms with Crippen LogP contribution in [-0.4, -0.2) is 31.5 Å². The van der Waals surface area contributed by atoms with Gasteiger partial charge in [-0.25, -0.2) is 0 Å². The number of aliphatic hydroxyl groups is 1. The Labute approximate surface area is 101 Å². The second-order valence-electron chi connectivity index (χ2n) is 3.53. The molecule has 0 aliphatic carbocycles. The van der Waals surface area contributed by atoms with Gasteiger partial charge in [-0.15, -0.1) is 0 Å². The Balaban J connectivity index is 2.28. The van der Waals surface area contributed by atoms with Crippen molar-refractivity contribution in [1.82, 2.24) is 0 Å². The van der Waals surface area contributed by atoms with E-state index in [4.69, 9.17) is 20.8 Å². The molecule has 0 heterocycles. The molecule has 0 fully saturated rings. The van der Waals surface area contributed by atoms with Gasteiger partial charge in [-0.1, -0.05) is 0 Å². The van der Waals surface area contributed by atoms with Crippen LogP contribution < -0.4 is 11.1 Å². The van der Waals surface area contributed by atoms with Gasteiger partial charge in [0, 0.05) is 18.8 Å². The van der Waals surface area contributed by atoms with Gasteiger partial charge in [-0.05, 0) is 24.6 Å². The molecule has 0 saturated carbocycles. The summed E-state index contributed by atoms with van der Waals surface area (Å²) in [5.41, 5.74) is 7.55. The largest absolute Gasteiger partial charge is 0.398 e. The quantitative estimate of drug-likeness (QED) is 0.483. The fourth-order valence-electron chi connectivity index (χ4n) is 1.35. The predicted octanol–water partition coefficient (Wildman–Crippen LogP) is 0.951. The molecule has 4 N–H and O–H groups in total. The molecule has 0 atom stereocenters. The SMILES string of the molecule is N#Cc1ccc(NCCCOCCO)cc1N. The maximum Gasteiger partial charge on any atom is 0.101 e. The summed E-state index contributed by atoms with van der Waals surface area (Å²) in [4.78, 5) is 0. The van der Waals surface area contributed by atoms with Crippen LogP contribution >= 0.6 is 0 Å². The van der Waals surface area contributed by atoms with Crippen LogP contribution in [0.2, 0.25) is 0 Å². The lowest BCUT2D eigenvalue weighted by Gasteiger charge is -2.08. The molecule has 1 rings (SSSR count). The highest BCUT2D eigenvalue weighted by molar-refractivity contribution is 5.62. The summed E-state index contributed by atoms with van der Waals surface area (Å²) in [7, 11) is 0. The number of hydrogen-bond donors (Lipinski definition) is 3. The van der Waals surface area contributed by atoms with Crippen molar-refractivity contribution >= 4 is 11.4 Å². The summed E-state index contributed by atoms with van der Waals surface area (Å²) in [5, 5.41) is 20.4. The number of aliphatic hydroxyl groups excluding tert-OH is 1. The molecule has 92 valence electrons. The third-order valence-corrected chi connectivity index (χ3v) is 2.20. The van der Waals surface area contributed by atoms with Gasteiger partial charge in [0.25, 0.3) is 0 Å². The van der Waals surface area contributed by atoms with Crippen LogP contribution in [0.3, 0.4) is 0 Å². The van der Waals surface area contributed by atoms with E-state index >= 15 is 0 Å². The molecule has 17 heavy (non-hydrogen) atoms. The van der Waals surface area contributed by atoms with Crippen LogP contribution in [0, 0.1) is 11.3 Å². The first-order valence-corrected chi connectivity index (χ1v) is 5.50. The molecule has 5 nitrogen and oxygen atoms in total. The van der Waals surface area contributed by atoms with Gasteiger partial charge in [-0.3, -0.25) is 0 Å². The number of nitriles is 1. The smallest absolute Gasteiger partial charge is 0.101 e. The average molecular weight is 235 g/mol. The zero-order chi connectivity index (χ0) is 12.5. The van der Waals surface area contributed by atoms with Crippen LogP contribution in [0.1, 0.15) is 12.0 Å². The number of nitrogens with zero attached hydrogens (tertiary/aromatic N) is 1. The number of nitrogens with two attached hydrogens (primary N) is 1. The molecule has 1 aromatic carbocycles. The van der Waals surface area contributed by atoms with Gasteiger partial charge in [0.1, 0.15) is 6.07 Å². The van der Waals surface area contributed by atoms with Crippen LogP contribution in [-0.2, 0) is 4.74 Å². The van der Waals surface area contributed by atoms with Crippen LogP contribution in [0.15, 0.2) is 18.2 Å². The Morgan fingerprint density at radius 2 is 2.24 bits per heavy atom. The number of rotatable bonds is 7. The van der Waals surface area contributed by atoms with Crippen molar-refractivity contribution in [2.24, 2.45) is 0 Å². The Bertz CT molecular complexity index is 388. The van der Waals surface area contributed by atoms with Gasteiger partial charge in [-0.2, -0.15) is 5.26 Å². The minimum atomic E-state index is 0.0551. The fraction of sp³-hybridized carbons (Fsp3) is 0.417. The van der Waals surface area contributed by atoms with Crippen LogP contribution in [0.4, 0.5) is 11.4 Å². The number of ether oxygens (including phenoxy) is 1. The maximum absolute atomic E-state index is 8.72. The lowest BCUT2D eigenvalue weighted by Crippen LogP contribution is -2.07. The topological polar surface area (TPSA) is 91.3 Å². The van der Waals surface area contributed by atoms with E-state index in [0.29, 0.717) is 24.5 Å². The van der Waals surface area contributed by atoms with E-state index in [9.17, 15) is 0 Å². The monoisotopic (exact) mass is 235 g/mol. The van der Waals surface area contributed by atoms with E-state index in [0.717, 1.165) is 18.7 Å². The molecular weight excluding hydrogens is 218 g/mol. The van der Waals surface area contributed by atoms with Crippen LogP contribution in [0.5, 0.6) is 0 Å². The van der Waals surface area contributed by atoms with Gasteiger partial charge < -0.3 is 20.9 Å². The highest BCUT2D eigenvalue weighted by Gasteiger charge is 1.99. The summed E-state index contributed by atoms with van der Waals surface area (Å²) in [5.74, 6) is 0. The number of benzene rings is 1. The number of nitrogen functional groups attached to an aromatic ring is 1. The molecular formula is C12H17N3O2. The third kappa shape index (κ3) is 4.72. The molecule has 0 bridgehead atoms. The molecule has 0 saturated heterocycles. The van der Waals surface area contributed by atoms with Gasteiger partial charge in [0.05, 0.1) is 24.5 Å². The third-order valence-electron chi connectivity index (χ3n) is 2.20. The number of anilines is 2. The van der Waals surface area contributed by atoms with E-state index in [-0.39, 0.29) is 6.61 Å². The Morgan fingerprint density at radius 3 is 2.88 bits per heavy atom. The highest BCUT2D eigenvalue weighted by atomic mass is 16.5. The van der Waals surface area contributed by atoms with Crippen molar-refractivity contribution in [3.8, 4) is 6.07 Å². The molecule has 0 aliphatic rings. The first kappa shape index (κ1) is 13.3. The van der Waals surface area contributed by atoms with E-state index in [1.165, 1.54) is 0 Å². The maximum atomic E-state index is 8.72. The van der Waals surface area contributed by atoms with E-state index in [1.54, 1.807) is 12.1 Å². The molecule has 0 aromatic heterocycles. The van der Waals surface area contributed by atoms with Crippen molar-refractivity contribution < 1.29 is 9.84 Å². The molecule has 1 aromatic rings. The molecule has 0 radical (unpaired) electrons. The zero-order valence-corrected chi connectivity index (χ0v) is 9.65. The second kappa shape index (κ2) is 7.49. The normalized spacial score (nSPS) is 9.88. The summed E-state index contributed by atoms with van der Waals surface area (Å²) in [6.45, 7) is 1.81. The Hall–Kier alpha value is -1.77. The van der Waals surface area contributed by atoms with Crippen molar-refractivity contribution in [3.63, 3.8) is 0 Å². The van der Waals surface area contributed by atoms with E-state index in [1.807, 2.05) is 12.1 Å². The highest BCUT2D eigenvalue weighted by Crippen LogP contribution is 2.16. The first-order chi connectivity index (χ1) is 8.27. The second-order valence-corrected chi connectivity index (χ2v) is 3.53. The van der Waals surface area contributed by atoms with Crippen molar-refractivity contribution in [2.75, 3.05) is 37.4 Å². The van der Waals surface area contributed by atoms with E-state index < -0.39 is 0 Å². The molecule has 0 spiro atoms. The molecule has 5 heteroatoms. The van der Waals surface area contributed by atoms with E-state index in [2.05, 4.69) is 5.32 Å². The molecule has 0 aliphatic heterocycles. The van der Waals surface area contributed by atoms with Gasteiger partial charge in [0.2, 0.25) is 0 Å². The summed E-state index contributed by atoms with van der Waals surface area (Å²) in [6.07, 6.45) is 0.847. The zero-order valence-electron chi connectivity index (χ0n) is 9.65.